The van der Waals surface area contributed by atoms with Crippen molar-refractivity contribution in [3.8, 4) is 23.0 Å². The number of ether oxygens (including phenoxy) is 4. The minimum atomic E-state index is -0.582. The highest BCUT2D eigenvalue weighted by Crippen LogP contribution is 2.45. The minimum absolute atomic E-state index is 0.246. The van der Waals surface area contributed by atoms with Crippen molar-refractivity contribution in [2.24, 2.45) is 0 Å². The predicted molar refractivity (Wildman–Crippen MR) is 145 cm³/mol. The Hall–Kier alpha value is -4.78. The maximum atomic E-state index is 13.2. The van der Waals surface area contributed by atoms with Gasteiger partial charge in [0, 0.05) is 16.8 Å². The van der Waals surface area contributed by atoms with Gasteiger partial charge in [-0.1, -0.05) is 48.5 Å². The SMILES string of the molecule is COc1cc2c(=O)oc3cc(OC(=O)c4ccccc4CCc4ccccc4)ccc3c2c(OC)c1OC. The number of benzene rings is 4. The zero-order valence-corrected chi connectivity index (χ0v) is 21.3. The number of rotatable bonds is 8. The number of hydrogen-bond donors (Lipinski definition) is 0. The highest BCUT2D eigenvalue weighted by molar-refractivity contribution is 6.10. The Labute approximate surface area is 219 Å². The van der Waals surface area contributed by atoms with Gasteiger partial charge in [-0.2, -0.15) is 0 Å². The van der Waals surface area contributed by atoms with Gasteiger partial charge in [-0.05, 0) is 48.2 Å². The summed E-state index contributed by atoms with van der Waals surface area (Å²) in [5, 5.41) is 1.39. The lowest BCUT2D eigenvalue weighted by Gasteiger charge is -2.15. The molecule has 0 amide bonds. The summed E-state index contributed by atoms with van der Waals surface area (Å²) in [6.45, 7) is 0. The maximum Gasteiger partial charge on any atom is 0.344 e. The number of hydrogen-bond acceptors (Lipinski definition) is 7. The first-order valence-corrected chi connectivity index (χ1v) is 12.1. The fraction of sp³-hybridized carbons (Fsp3) is 0.161. The van der Waals surface area contributed by atoms with Crippen molar-refractivity contribution in [1.29, 1.82) is 0 Å². The molecule has 0 atom stereocenters. The average Bonchev–Trinajstić information content (AvgIpc) is 2.95. The van der Waals surface area contributed by atoms with Gasteiger partial charge in [0.05, 0.1) is 32.3 Å². The van der Waals surface area contributed by atoms with E-state index in [0.717, 1.165) is 12.0 Å². The van der Waals surface area contributed by atoms with Crippen LogP contribution in [0.2, 0.25) is 0 Å². The van der Waals surface area contributed by atoms with Crippen LogP contribution in [0.1, 0.15) is 21.5 Å². The number of aryl methyl sites for hydroxylation is 2. The van der Waals surface area contributed by atoms with E-state index < -0.39 is 11.6 Å². The van der Waals surface area contributed by atoms with E-state index in [4.69, 9.17) is 23.4 Å². The second kappa shape index (κ2) is 10.7. The van der Waals surface area contributed by atoms with Crippen LogP contribution in [0.5, 0.6) is 23.0 Å². The molecule has 0 saturated carbocycles. The summed E-state index contributed by atoms with van der Waals surface area (Å²) < 4.78 is 27.8. The molecule has 0 radical (unpaired) electrons. The van der Waals surface area contributed by atoms with Crippen LogP contribution >= 0.6 is 0 Å². The predicted octanol–water partition coefficient (Wildman–Crippen LogP) is 5.98. The third kappa shape index (κ3) is 4.66. The normalized spacial score (nSPS) is 10.9. The standard InChI is InChI=1S/C31H26O7/c1-34-26-18-24-27(29(36-3)28(26)35-2)23-16-15-21(17-25(23)38-31(24)33)37-30(32)22-12-8-7-11-20(22)14-13-19-9-5-4-6-10-19/h4-12,15-18H,13-14H2,1-3H3. The van der Waals surface area contributed by atoms with Gasteiger partial charge in [0.15, 0.2) is 11.5 Å². The van der Waals surface area contributed by atoms with Gasteiger partial charge in [-0.3, -0.25) is 0 Å². The third-order valence-corrected chi connectivity index (χ3v) is 6.45. The third-order valence-electron chi connectivity index (χ3n) is 6.45. The van der Waals surface area contributed by atoms with Crippen molar-refractivity contribution in [3.05, 3.63) is 106 Å². The number of fused-ring (bicyclic) bond motifs is 3. The van der Waals surface area contributed by atoms with Crippen LogP contribution < -0.4 is 24.6 Å². The van der Waals surface area contributed by atoms with Crippen molar-refractivity contribution >= 4 is 27.7 Å². The molecule has 0 saturated heterocycles. The van der Waals surface area contributed by atoms with Crippen molar-refractivity contribution in [2.45, 2.75) is 12.8 Å². The van der Waals surface area contributed by atoms with E-state index in [1.54, 1.807) is 24.3 Å². The number of esters is 1. The molecule has 0 spiro atoms. The van der Waals surface area contributed by atoms with Gasteiger partial charge < -0.3 is 23.4 Å². The Morgan fingerprint density at radius 2 is 1.50 bits per heavy atom. The minimum Gasteiger partial charge on any atom is -0.493 e. The molecule has 0 aliphatic heterocycles. The average molecular weight is 511 g/mol. The van der Waals surface area contributed by atoms with E-state index in [9.17, 15) is 9.59 Å². The van der Waals surface area contributed by atoms with Crippen LogP contribution in [0.25, 0.3) is 21.7 Å². The molecule has 4 aromatic carbocycles. The first-order chi connectivity index (χ1) is 18.5. The Balaban J connectivity index is 1.49. The molecule has 38 heavy (non-hydrogen) atoms. The Bertz CT molecular complexity index is 1690. The zero-order chi connectivity index (χ0) is 26.6. The molecular weight excluding hydrogens is 484 g/mol. The summed E-state index contributed by atoms with van der Waals surface area (Å²) in [6.07, 6.45) is 1.49. The molecule has 0 N–H and O–H groups in total. The highest BCUT2D eigenvalue weighted by atomic mass is 16.5. The van der Waals surface area contributed by atoms with Crippen molar-refractivity contribution in [2.75, 3.05) is 21.3 Å². The van der Waals surface area contributed by atoms with E-state index in [1.807, 2.05) is 36.4 Å². The molecule has 1 heterocycles. The van der Waals surface area contributed by atoms with E-state index >= 15 is 0 Å². The Morgan fingerprint density at radius 3 is 2.24 bits per heavy atom. The summed E-state index contributed by atoms with van der Waals surface area (Å²) in [6, 6.07) is 24.0. The van der Waals surface area contributed by atoms with Gasteiger partial charge >= 0.3 is 11.6 Å². The number of carbonyl (C=O) groups is 1. The van der Waals surface area contributed by atoms with Crippen LogP contribution in [0.15, 0.2) is 88.1 Å². The van der Waals surface area contributed by atoms with Gasteiger partial charge in [-0.25, -0.2) is 9.59 Å². The van der Waals surface area contributed by atoms with Gasteiger partial charge in [-0.15, -0.1) is 0 Å². The van der Waals surface area contributed by atoms with Crippen LogP contribution in [0.3, 0.4) is 0 Å². The van der Waals surface area contributed by atoms with Crippen LogP contribution in [-0.4, -0.2) is 27.3 Å². The summed E-state index contributed by atoms with van der Waals surface area (Å²) in [7, 11) is 4.46. The molecule has 5 aromatic rings. The van der Waals surface area contributed by atoms with E-state index in [-0.39, 0.29) is 16.7 Å². The van der Waals surface area contributed by atoms with Crippen molar-refractivity contribution < 1.29 is 28.2 Å². The molecule has 1 aromatic heterocycles. The monoisotopic (exact) mass is 510 g/mol. The topological polar surface area (TPSA) is 84.2 Å². The first kappa shape index (κ1) is 24.9. The summed E-state index contributed by atoms with van der Waals surface area (Å²) in [5.74, 6) is 0.816. The molecule has 0 unspecified atom stereocenters. The van der Waals surface area contributed by atoms with Crippen LogP contribution in [-0.2, 0) is 12.8 Å². The first-order valence-electron chi connectivity index (χ1n) is 12.1. The molecular formula is C31H26O7. The zero-order valence-electron chi connectivity index (χ0n) is 21.3. The largest absolute Gasteiger partial charge is 0.493 e. The molecule has 5 rings (SSSR count). The quantitative estimate of drug-likeness (QED) is 0.110. The number of carbonyl (C=O) groups excluding carboxylic acids is 1. The summed E-state index contributed by atoms with van der Waals surface area (Å²) in [4.78, 5) is 26.0. The van der Waals surface area contributed by atoms with Crippen molar-refractivity contribution in [1.82, 2.24) is 0 Å². The second-order valence-corrected chi connectivity index (χ2v) is 8.65. The molecule has 0 aliphatic carbocycles. The van der Waals surface area contributed by atoms with Gasteiger partial charge in [0.1, 0.15) is 11.3 Å². The molecule has 0 fully saturated rings. The molecule has 7 heteroatoms. The maximum absolute atomic E-state index is 13.2. The lowest BCUT2D eigenvalue weighted by Crippen LogP contribution is -2.12. The smallest absolute Gasteiger partial charge is 0.344 e. The summed E-state index contributed by atoms with van der Waals surface area (Å²) in [5.41, 5.74) is 2.24. The van der Waals surface area contributed by atoms with E-state index in [1.165, 1.54) is 33.0 Å². The highest BCUT2D eigenvalue weighted by Gasteiger charge is 2.22. The lowest BCUT2D eigenvalue weighted by molar-refractivity contribution is 0.0733. The second-order valence-electron chi connectivity index (χ2n) is 8.65. The van der Waals surface area contributed by atoms with Crippen LogP contribution in [0, 0.1) is 0 Å². The molecule has 7 nitrogen and oxygen atoms in total. The fourth-order valence-corrected chi connectivity index (χ4v) is 4.62. The van der Waals surface area contributed by atoms with E-state index in [2.05, 4.69) is 12.1 Å². The molecule has 0 aliphatic rings. The molecule has 192 valence electrons. The van der Waals surface area contributed by atoms with Gasteiger partial charge in [0.2, 0.25) is 5.75 Å². The Morgan fingerprint density at radius 1 is 0.763 bits per heavy atom. The fourth-order valence-electron chi connectivity index (χ4n) is 4.62. The van der Waals surface area contributed by atoms with E-state index in [0.29, 0.717) is 40.0 Å². The lowest BCUT2D eigenvalue weighted by atomic mass is 10.00. The summed E-state index contributed by atoms with van der Waals surface area (Å²) >= 11 is 0. The van der Waals surface area contributed by atoms with Crippen LogP contribution in [0.4, 0.5) is 0 Å². The molecule has 0 bridgehead atoms. The Kier molecular flexibility index (Phi) is 7.00. The number of methoxy groups -OCH3 is 3. The van der Waals surface area contributed by atoms with Crippen molar-refractivity contribution in [3.63, 3.8) is 0 Å². The van der Waals surface area contributed by atoms with Gasteiger partial charge in [0.25, 0.3) is 0 Å².